The first kappa shape index (κ1) is 20.9. The summed E-state index contributed by atoms with van der Waals surface area (Å²) in [5, 5.41) is 12.1. The molecule has 3 aromatic carbocycles. The third-order valence-corrected chi connectivity index (χ3v) is 6.98. The van der Waals surface area contributed by atoms with Gasteiger partial charge in [0, 0.05) is 16.1 Å². The minimum absolute atomic E-state index is 0.227. The highest BCUT2D eigenvalue weighted by Crippen LogP contribution is 2.44. The van der Waals surface area contributed by atoms with Crippen molar-refractivity contribution in [3.05, 3.63) is 99.6 Å². The van der Waals surface area contributed by atoms with Crippen LogP contribution in [0.4, 0.5) is 5.69 Å². The fraction of sp³-hybridized carbons (Fsp3) is 0.259. The van der Waals surface area contributed by atoms with Crippen LogP contribution in [0.1, 0.15) is 51.9 Å². The molecule has 0 bridgehead atoms. The molecule has 1 aliphatic heterocycles. The largest absolute Gasteiger partial charge is 0.375 e. The molecule has 162 valence electrons. The number of nitrogens with zero attached hydrogens (tertiary/aromatic N) is 1. The average Bonchev–Trinajstić information content (AvgIpc) is 3.02. The van der Waals surface area contributed by atoms with Crippen molar-refractivity contribution in [1.82, 2.24) is 0 Å². The van der Waals surface area contributed by atoms with Crippen molar-refractivity contribution in [3.63, 3.8) is 0 Å². The minimum atomic E-state index is -1.90. The molecule has 0 radical (unpaired) electrons. The molecule has 5 rings (SSSR count). The molecule has 0 unspecified atom stereocenters. The maximum Gasteiger partial charge on any atom is 0.264 e. The Morgan fingerprint density at radius 1 is 0.969 bits per heavy atom. The number of carbonyl (C=O) groups is 2. The first-order valence-corrected chi connectivity index (χ1v) is 11.4. The fourth-order valence-electron chi connectivity index (χ4n) is 4.87. The second-order valence-electron chi connectivity index (χ2n) is 8.65. The molecule has 1 atom stereocenters. The molecule has 32 heavy (non-hydrogen) atoms. The average molecular weight is 446 g/mol. The van der Waals surface area contributed by atoms with E-state index in [-0.39, 0.29) is 18.7 Å². The van der Waals surface area contributed by atoms with Crippen LogP contribution in [0.15, 0.2) is 66.7 Å². The third kappa shape index (κ3) is 3.54. The van der Waals surface area contributed by atoms with E-state index in [1.807, 2.05) is 42.5 Å². The van der Waals surface area contributed by atoms with Crippen molar-refractivity contribution in [2.45, 2.75) is 44.2 Å². The van der Waals surface area contributed by atoms with E-state index in [0.717, 1.165) is 24.8 Å². The van der Waals surface area contributed by atoms with Crippen molar-refractivity contribution < 1.29 is 14.7 Å². The van der Waals surface area contributed by atoms with E-state index >= 15 is 0 Å². The molecule has 0 spiro atoms. The Morgan fingerprint density at radius 2 is 1.69 bits per heavy atom. The van der Waals surface area contributed by atoms with Crippen LogP contribution in [0.5, 0.6) is 0 Å². The highest BCUT2D eigenvalue weighted by Gasteiger charge is 2.50. The Labute approximate surface area is 192 Å². The van der Waals surface area contributed by atoms with Crippen LogP contribution in [0, 0.1) is 0 Å². The molecule has 1 heterocycles. The number of fused-ring (bicyclic) bond motifs is 2. The van der Waals surface area contributed by atoms with Crippen molar-refractivity contribution in [1.29, 1.82) is 0 Å². The lowest BCUT2D eigenvalue weighted by Gasteiger charge is -2.23. The highest BCUT2D eigenvalue weighted by atomic mass is 35.5. The van der Waals surface area contributed by atoms with E-state index in [1.54, 1.807) is 24.3 Å². The minimum Gasteiger partial charge on any atom is -0.375 e. The number of ketones is 1. The van der Waals surface area contributed by atoms with Gasteiger partial charge in [0.05, 0.1) is 18.7 Å². The van der Waals surface area contributed by atoms with Gasteiger partial charge in [-0.05, 0) is 60.6 Å². The summed E-state index contributed by atoms with van der Waals surface area (Å²) in [6.45, 7) is 0.227. The normalized spacial score (nSPS) is 19.6. The van der Waals surface area contributed by atoms with Crippen LogP contribution in [-0.4, -0.2) is 16.8 Å². The number of benzene rings is 3. The predicted molar refractivity (Wildman–Crippen MR) is 125 cm³/mol. The SMILES string of the molecule is O=C(C[C@@]1(O)C(=O)N(Cc2ccccc2Cl)c2ccccc21)c1ccc2c(c1)CCCC2. The topological polar surface area (TPSA) is 57.6 Å². The van der Waals surface area contributed by atoms with Gasteiger partial charge in [0.15, 0.2) is 11.4 Å². The summed E-state index contributed by atoms with van der Waals surface area (Å²) in [7, 11) is 0. The number of hydrogen-bond donors (Lipinski definition) is 1. The third-order valence-electron chi connectivity index (χ3n) is 6.61. The zero-order valence-electron chi connectivity index (χ0n) is 17.7. The molecule has 0 fully saturated rings. The van der Waals surface area contributed by atoms with Gasteiger partial charge in [0.2, 0.25) is 0 Å². The molecule has 4 nitrogen and oxygen atoms in total. The van der Waals surface area contributed by atoms with Gasteiger partial charge < -0.3 is 10.0 Å². The second-order valence-corrected chi connectivity index (χ2v) is 9.06. The number of Topliss-reactive ketones (excluding diaryl/α,β-unsaturated/α-hetero) is 1. The first-order valence-electron chi connectivity index (χ1n) is 11.0. The van der Waals surface area contributed by atoms with Crippen molar-refractivity contribution in [2.75, 3.05) is 4.90 Å². The summed E-state index contributed by atoms with van der Waals surface area (Å²) >= 11 is 6.32. The summed E-state index contributed by atoms with van der Waals surface area (Å²) in [5.74, 6) is -0.728. The molecule has 2 aliphatic rings. The number of rotatable bonds is 5. The lowest BCUT2D eigenvalue weighted by molar-refractivity contribution is -0.136. The molecule has 1 aliphatic carbocycles. The number of aryl methyl sites for hydroxylation is 2. The number of aliphatic hydroxyl groups is 1. The smallest absolute Gasteiger partial charge is 0.264 e. The standard InChI is InChI=1S/C27H24ClNO3/c28-23-11-5-3-9-21(23)17-29-24-12-6-4-10-22(24)27(32,26(29)31)16-25(30)20-14-13-18-7-1-2-8-19(18)15-20/h3-6,9-15,32H,1-2,7-8,16-17H2/t27-/m0/s1. The van der Waals surface area contributed by atoms with E-state index in [9.17, 15) is 14.7 Å². The molecular formula is C27H24ClNO3. The maximum absolute atomic E-state index is 13.5. The number of halogens is 1. The van der Waals surface area contributed by atoms with Gasteiger partial charge in [-0.15, -0.1) is 0 Å². The number of hydrogen-bond acceptors (Lipinski definition) is 3. The number of amides is 1. The van der Waals surface area contributed by atoms with Gasteiger partial charge in [0.1, 0.15) is 0 Å². The van der Waals surface area contributed by atoms with Crippen LogP contribution in [0.2, 0.25) is 5.02 Å². The molecule has 5 heteroatoms. The molecule has 0 aromatic heterocycles. The zero-order chi connectivity index (χ0) is 22.3. The van der Waals surface area contributed by atoms with Crippen LogP contribution in [-0.2, 0) is 29.8 Å². The molecule has 0 saturated carbocycles. The van der Waals surface area contributed by atoms with Gasteiger partial charge in [-0.1, -0.05) is 60.1 Å². The monoisotopic (exact) mass is 445 g/mol. The summed E-state index contributed by atoms with van der Waals surface area (Å²) < 4.78 is 0. The second kappa shape index (κ2) is 8.19. The maximum atomic E-state index is 13.5. The van der Waals surface area contributed by atoms with Crippen LogP contribution < -0.4 is 4.90 Å². The molecular weight excluding hydrogens is 422 g/mol. The summed E-state index contributed by atoms with van der Waals surface area (Å²) in [6, 6.07) is 20.2. The van der Waals surface area contributed by atoms with Gasteiger partial charge in [-0.25, -0.2) is 0 Å². The van der Waals surface area contributed by atoms with Crippen LogP contribution in [0.25, 0.3) is 0 Å². The van der Waals surface area contributed by atoms with Crippen molar-refractivity contribution in [2.24, 2.45) is 0 Å². The van der Waals surface area contributed by atoms with Gasteiger partial charge in [-0.2, -0.15) is 0 Å². The van der Waals surface area contributed by atoms with E-state index in [0.29, 0.717) is 21.8 Å². The van der Waals surface area contributed by atoms with Crippen LogP contribution in [0.3, 0.4) is 0 Å². The Kier molecular flexibility index (Phi) is 5.36. The molecule has 1 amide bonds. The highest BCUT2D eigenvalue weighted by molar-refractivity contribution is 6.31. The Morgan fingerprint density at radius 3 is 2.50 bits per heavy atom. The number of anilines is 1. The Bertz CT molecular complexity index is 1220. The Hall–Kier alpha value is -2.95. The lowest BCUT2D eigenvalue weighted by Crippen LogP contribution is -2.41. The van der Waals surface area contributed by atoms with E-state index in [2.05, 4.69) is 0 Å². The first-order chi connectivity index (χ1) is 15.5. The number of para-hydroxylation sites is 1. The zero-order valence-corrected chi connectivity index (χ0v) is 18.4. The van der Waals surface area contributed by atoms with Gasteiger partial charge in [-0.3, -0.25) is 9.59 Å². The molecule has 0 saturated heterocycles. The Balaban J connectivity index is 1.46. The van der Waals surface area contributed by atoms with Gasteiger partial charge >= 0.3 is 0 Å². The molecule has 1 N–H and O–H groups in total. The van der Waals surface area contributed by atoms with E-state index < -0.39 is 11.5 Å². The quantitative estimate of drug-likeness (QED) is 0.547. The predicted octanol–water partition coefficient (Wildman–Crippen LogP) is 5.23. The summed E-state index contributed by atoms with van der Waals surface area (Å²) in [6.07, 6.45) is 4.01. The van der Waals surface area contributed by atoms with E-state index in [1.165, 1.54) is 22.4 Å². The van der Waals surface area contributed by atoms with Crippen LogP contribution >= 0.6 is 11.6 Å². The van der Waals surface area contributed by atoms with Crippen molar-refractivity contribution in [3.8, 4) is 0 Å². The number of carbonyl (C=O) groups excluding carboxylic acids is 2. The summed E-state index contributed by atoms with van der Waals surface area (Å²) in [4.78, 5) is 28.2. The fourth-order valence-corrected chi connectivity index (χ4v) is 5.07. The van der Waals surface area contributed by atoms with Gasteiger partial charge in [0.25, 0.3) is 5.91 Å². The lowest BCUT2D eigenvalue weighted by atomic mass is 9.85. The van der Waals surface area contributed by atoms with E-state index in [4.69, 9.17) is 11.6 Å². The molecule has 3 aromatic rings. The summed E-state index contributed by atoms with van der Waals surface area (Å²) in [5.41, 5.74) is 3.00. The van der Waals surface area contributed by atoms with Crippen molar-refractivity contribution >= 4 is 29.0 Å².